The highest BCUT2D eigenvalue weighted by Gasteiger charge is 2.30. The molecule has 4 N–H and O–H groups in total. The first-order valence-electron chi connectivity index (χ1n) is 8.80. The lowest BCUT2D eigenvalue weighted by molar-refractivity contribution is 0.135. The van der Waals surface area contributed by atoms with Crippen molar-refractivity contribution in [1.29, 1.82) is 0 Å². The first kappa shape index (κ1) is 18.1. The molecular weight excluding hydrogens is 363 g/mol. The van der Waals surface area contributed by atoms with Gasteiger partial charge in [0.25, 0.3) is 5.89 Å². The number of pyridine rings is 1. The molecule has 0 bridgehead atoms. The zero-order valence-electron chi connectivity index (χ0n) is 15.0. The normalized spacial score (nSPS) is 17.4. The summed E-state index contributed by atoms with van der Waals surface area (Å²) in [5.74, 6) is 6.23. The fourth-order valence-corrected chi connectivity index (χ4v) is 3.09. The number of benzene rings is 1. The van der Waals surface area contributed by atoms with Crippen LogP contribution in [0.4, 0.5) is 10.1 Å². The van der Waals surface area contributed by atoms with E-state index in [4.69, 9.17) is 20.8 Å². The maximum absolute atomic E-state index is 14.3. The van der Waals surface area contributed by atoms with Crippen LogP contribution in [0.25, 0.3) is 17.1 Å². The first-order valence-corrected chi connectivity index (χ1v) is 8.80. The maximum Gasteiger partial charge on any atom is 0.276 e. The highest BCUT2D eigenvalue weighted by atomic mass is 19.1. The Balaban J connectivity index is 1.76. The Morgan fingerprint density at radius 1 is 1.18 bits per heavy atom. The third-order valence-electron chi connectivity index (χ3n) is 4.48. The van der Waals surface area contributed by atoms with Gasteiger partial charge in [-0.2, -0.15) is 4.98 Å². The summed E-state index contributed by atoms with van der Waals surface area (Å²) in [6.07, 6.45) is 4.40. The summed E-state index contributed by atoms with van der Waals surface area (Å²) in [4.78, 5) is 8.31. The lowest BCUT2D eigenvalue weighted by Gasteiger charge is -2.27. The number of hydrogen-bond acceptors (Lipinski definition) is 8. The monoisotopic (exact) mass is 382 g/mol. The molecule has 0 saturated carbocycles. The van der Waals surface area contributed by atoms with E-state index >= 15 is 0 Å². The number of anilines is 1. The van der Waals surface area contributed by atoms with Crippen LogP contribution in [0.3, 0.4) is 0 Å². The van der Waals surface area contributed by atoms with Gasteiger partial charge in [0.15, 0.2) is 0 Å². The molecule has 1 aliphatic rings. The van der Waals surface area contributed by atoms with Crippen LogP contribution in [0.15, 0.2) is 59.0 Å². The van der Waals surface area contributed by atoms with E-state index in [1.54, 1.807) is 42.7 Å². The Kier molecular flexibility index (Phi) is 5.00. The van der Waals surface area contributed by atoms with Gasteiger partial charge in [-0.1, -0.05) is 17.3 Å². The molecule has 3 aromatic rings. The largest absolute Gasteiger partial charge is 0.393 e. The van der Waals surface area contributed by atoms with Gasteiger partial charge in [0.1, 0.15) is 17.6 Å². The number of ether oxygens (including phenoxy) is 1. The van der Waals surface area contributed by atoms with E-state index < -0.39 is 11.9 Å². The number of aromatic nitrogens is 3. The van der Waals surface area contributed by atoms with Gasteiger partial charge in [-0.15, -0.1) is 0 Å². The third-order valence-corrected chi connectivity index (χ3v) is 4.48. The molecule has 0 amide bonds. The smallest absolute Gasteiger partial charge is 0.276 e. The number of nitrogens with two attached hydrogens (primary N) is 2. The van der Waals surface area contributed by atoms with Crippen LogP contribution in [-0.4, -0.2) is 27.8 Å². The first-order chi connectivity index (χ1) is 13.6. The molecule has 9 heteroatoms. The summed E-state index contributed by atoms with van der Waals surface area (Å²) >= 11 is 0. The minimum atomic E-state index is -0.476. The number of hydrazine groups is 1. The predicted molar refractivity (Wildman–Crippen MR) is 101 cm³/mol. The molecule has 4 rings (SSSR count). The molecule has 28 heavy (non-hydrogen) atoms. The van der Waals surface area contributed by atoms with Crippen LogP contribution in [0.2, 0.25) is 0 Å². The zero-order chi connectivity index (χ0) is 19.5. The van der Waals surface area contributed by atoms with E-state index in [2.05, 4.69) is 15.1 Å². The highest BCUT2D eigenvalue weighted by molar-refractivity contribution is 5.68. The zero-order valence-corrected chi connectivity index (χ0v) is 15.0. The van der Waals surface area contributed by atoms with E-state index in [0.29, 0.717) is 24.5 Å². The predicted octanol–water partition coefficient (Wildman–Crippen LogP) is 2.46. The lowest BCUT2D eigenvalue weighted by Crippen LogP contribution is -2.38. The molecule has 0 radical (unpaired) electrons. The van der Waals surface area contributed by atoms with Crippen molar-refractivity contribution in [3.8, 4) is 11.4 Å². The second-order valence-corrected chi connectivity index (χ2v) is 6.28. The fraction of sp³-hybridized carbons (Fsp3) is 0.211. The van der Waals surface area contributed by atoms with Gasteiger partial charge in [-0.3, -0.25) is 9.99 Å². The van der Waals surface area contributed by atoms with Crippen molar-refractivity contribution in [2.45, 2.75) is 18.9 Å². The van der Waals surface area contributed by atoms with Gasteiger partial charge in [0.2, 0.25) is 5.82 Å². The summed E-state index contributed by atoms with van der Waals surface area (Å²) in [7, 11) is 0. The standard InChI is InChI=1S/C19H19FN6O2/c20-13-4-1-2-5-14(13)26(22)17(15-6-3-11-27-15)16(21)19-24-18(25-28-19)12-7-9-23-10-8-12/h1-2,4-5,7-10,15H,3,6,11,21-22H2/b17-16-. The topological polar surface area (TPSA) is 116 Å². The van der Waals surface area contributed by atoms with Gasteiger partial charge in [-0.25, -0.2) is 10.2 Å². The molecule has 3 heterocycles. The van der Waals surface area contributed by atoms with Gasteiger partial charge < -0.3 is 15.0 Å². The van der Waals surface area contributed by atoms with Crippen molar-refractivity contribution in [2.24, 2.45) is 11.6 Å². The third kappa shape index (κ3) is 3.45. The van der Waals surface area contributed by atoms with E-state index in [1.165, 1.54) is 11.1 Å². The van der Waals surface area contributed by atoms with Crippen LogP contribution in [0, 0.1) is 5.82 Å². The van der Waals surface area contributed by atoms with Crippen molar-refractivity contribution in [3.63, 3.8) is 0 Å². The van der Waals surface area contributed by atoms with E-state index in [9.17, 15) is 4.39 Å². The number of halogens is 1. The quantitative estimate of drug-likeness (QED) is 0.511. The molecule has 144 valence electrons. The fourth-order valence-electron chi connectivity index (χ4n) is 3.09. The second-order valence-electron chi connectivity index (χ2n) is 6.28. The summed E-state index contributed by atoms with van der Waals surface area (Å²) in [6.45, 7) is 0.568. The molecule has 8 nitrogen and oxygen atoms in total. The van der Waals surface area contributed by atoms with Gasteiger partial charge >= 0.3 is 0 Å². The maximum atomic E-state index is 14.3. The van der Waals surface area contributed by atoms with Crippen molar-refractivity contribution in [2.75, 3.05) is 11.6 Å². The highest BCUT2D eigenvalue weighted by Crippen LogP contribution is 2.30. The number of para-hydroxylation sites is 1. The summed E-state index contributed by atoms with van der Waals surface area (Å²) in [5, 5.41) is 5.16. The van der Waals surface area contributed by atoms with E-state index in [-0.39, 0.29) is 17.3 Å². The number of nitrogens with zero attached hydrogens (tertiary/aromatic N) is 4. The molecule has 1 atom stereocenters. The SMILES string of the molecule is N/C(=C(/C1CCCO1)N(N)c1ccccc1F)c1nc(-c2ccncc2)no1. The molecule has 0 spiro atoms. The number of hydrogen-bond donors (Lipinski definition) is 2. The average Bonchev–Trinajstić information content (AvgIpc) is 3.41. The van der Waals surface area contributed by atoms with Gasteiger partial charge in [-0.05, 0) is 37.1 Å². The Hall–Kier alpha value is -3.30. The average molecular weight is 382 g/mol. The molecule has 1 aliphatic heterocycles. The van der Waals surface area contributed by atoms with E-state index in [0.717, 1.165) is 12.0 Å². The van der Waals surface area contributed by atoms with Crippen molar-refractivity contribution in [3.05, 3.63) is 66.2 Å². The van der Waals surface area contributed by atoms with Crippen LogP contribution < -0.4 is 16.6 Å². The summed E-state index contributed by atoms with van der Waals surface area (Å²) < 4.78 is 25.4. The Morgan fingerprint density at radius 3 is 2.68 bits per heavy atom. The summed E-state index contributed by atoms with van der Waals surface area (Å²) in [6, 6.07) is 9.68. The molecular formula is C19H19FN6O2. The van der Waals surface area contributed by atoms with Gasteiger partial charge in [0.05, 0.1) is 11.4 Å². The Bertz CT molecular complexity index is 985. The molecule has 1 fully saturated rings. The minimum absolute atomic E-state index is 0.0871. The summed E-state index contributed by atoms with van der Waals surface area (Å²) in [5.41, 5.74) is 7.77. The minimum Gasteiger partial charge on any atom is -0.393 e. The van der Waals surface area contributed by atoms with Crippen LogP contribution in [0.1, 0.15) is 18.7 Å². The Labute approximate surface area is 160 Å². The number of rotatable bonds is 5. The van der Waals surface area contributed by atoms with Crippen molar-refractivity contribution in [1.82, 2.24) is 15.1 Å². The molecule has 1 unspecified atom stereocenters. The molecule has 2 aromatic heterocycles. The van der Waals surface area contributed by atoms with E-state index in [1.807, 2.05) is 0 Å². The second kappa shape index (κ2) is 7.75. The molecule has 0 aliphatic carbocycles. The lowest BCUT2D eigenvalue weighted by atomic mass is 10.1. The van der Waals surface area contributed by atoms with Crippen LogP contribution >= 0.6 is 0 Å². The molecule has 1 saturated heterocycles. The van der Waals surface area contributed by atoms with Crippen molar-refractivity contribution >= 4 is 11.4 Å². The van der Waals surface area contributed by atoms with Crippen molar-refractivity contribution < 1.29 is 13.7 Å². The van der Waals surface area contributed by atoms with Crippen LogP contribution in [0.5, 0.6) is 0 Å². The van der Waals surface area contributed by atoms with Gasteiger partial charge in [0, 0.05) is 24.6 Å². The van der Waals surface area contributed by atoms with Crippen LogP contribution in [-0.2, 0) is 4.74 Å². The Morgan fingerprint density at radius 2 is 1.96 bits per heavy atom. The molecule has 1 aromatic carbocycles.